The predicted octanol–water partition coefficient (Wildman–Crippen LogP) is 5.05. The zero-order valence-corrected chi connectivity index (χ0v) is 19.8. The molecule has 2 N–H and O–H groups in total. The van der Waals surface area contributed by atoms with E-state index in [1.807, 2.05) is 50.4 Å². The van der Waals surface area contributed by atoms with Crippen molar-refractivity contribution in [3.8, 4) is 5.75 Å². The maximum Gasteiger partial charge on any atom is 0.295 e. The van der Waals surface area contributed by atoms with E-state index in [1.165, 1.54) is 18.3 Å². The minimum Gasteiger partial charge on any atom is -0.507 e. The minimum absolute atomic E-state index is 0.00724. The van der Waals surface area contributed by atoms with Gasteiger partial charge in [0.15, 0.2) is 0 Å². The van der Waals surface area contributed by atoms with E-state index in [-0.39, 0.29) is 17.9 Å². The van der Waals surface area contributed by atoms with E-state index in [9.17, 15) is 14.7 Å². The highest BCUT2D eigenvalue weighted by Gasteiger charge is 2.47. The number of hydrogen-bond donors (Lipinski definition) is 2. The summed E-state index contributed by atoms with van der Waals surface area (Å²) in [6, 6.07) is 14.2. The lowest BCUT2D eigenvalue weighted by Gasteiger charge is -2.23. The highest BCUT2D eigenvalue weighted by atomic mass is 16.5. The van der Waals surface area contributed by atoms with Crippen molar-refractivity contribution in [3.63, 3.8) is 0 Å². The van der Waals surface area contributed by atoms with Gasteiger partial charge in [-0.1, -0.05) is 24.3 Å². The fraction of sp³-hybridized carbons (Fsp3) is 0.214. The van der Waals surface area contributed by atoms with E-state index < -0.39 is 17.7 Å². The second-order valence-corrected chi connectivity index (χ2v) is 8.78. The quantitative estimate of drug-likeness (QED) is 0.234. The Morgan fingerprint density at radius 3 is 2.69 bits per heavy atom. The Morgan fingerprint density at radius 2 is 1.94 bits per heavy atom. The number of ketones is 1. The number of aliphatic hydroxyl groups excluding tert-OH is 1. The van der Waals surface area contributed by atoms with E-state index in [0.717, 1.165) is 27.6 Å². The summed E-state index contributed by atoms with van der Waals surface area (Å²) < 4.78 is 11.2. The number of fused-ring (bicyclic) bond motifs is 1. The number of nitrogens with one attached hydrogen (secondary N) is 1. The first kappa shape index (κ1) is 22.5. The molecular formula is C28H26N2O5. The predicted molar refractivity (Wildman–Crippen MR) is 132 cm³/mol. The van der Waals surface area contributed by atoms with Crippen LogP contribution < -0.4 is 4.74 Å². The lowest BCUT2D eigenvalue weighted by molar-refractivity contribution is -0.140. The fourth-order valence-corrected chi connectivity index (χ4v) is 4.98. The molecule has 7 heteroatoms. The smallest absolute Gasteiger partial charge is 0.295 e. The number of aliphatic hydroxyl groups is 1. The van der Waals surface area contributed by atoms with E-state index in [4.69, 9.17) is 9.15 Å². The van der Waals surface area contributed by atoms with Crippen LogP contribution in [-0.2, 0) is 16.0 Å². The van der Waals surface area contributed by atoms with Crippen molar-refractivity contribution in [2.75, 3.05) is 13.7 Å². The number of rotatable bonds is 6. The summed E-state index contributed by atoms with van der Waals surface area (Å²) in [5.41, 5.74) is 4.12. The van der Waals surface area contributed by atoms with Gasteiger partial charge >= 0.3 is 0 Å². The zero-order chi connectivity index (χ0) is 24.7. The molecule has 1 fully saturated rings. The molecule has 178 valence electrons. The average Bonchev–Trinajstić information content (AvgIpc) is 3.57. The molecule has 1 aliphatic heterocycles. The van der Waals surface area contributed by atoms with Gasteiger partial charge in [-0.25, -0.2) is 0 Å². The van der Waals surface area contributed by atoms with Gasteiger partial charge in [0, 0.05) is 23.6 Å². The first-order valence-electron chi connectivity index (χ1n) is 11.4. The van der Waals surface area contributed by atoms with Gasteiger partial charge in [0.25, 0.3) is 11.7 Å². The number of para-hydroxylation sites is 1. The number of carbonyl (C=O) groups excluding carboxylic acids is 2. The molecule has 1 aliphatic rings. The number of furan rings is 1. The first-order chi connectivity index (χ1) is 16.9. The summed E-state index contributed by atoms with van der Waals surface area (Å²) in [6.07, 6.45) is 3.94. The maximum absolute atomic E-state index is 13.3. The highest BCUT2D eigenvalue weighted by Crippen LogP contribution is 2.42. The molecular weight excluding hydrogens is 444 g/mol. The third-order valence-electron chi connectivity index (χ3n) is 6.53. The molecule has 5 rings (SSSR count). The maximum atomic E-state index is 13.3. The standard InChI is InChI=1S/C28H26N2O5/c1-16-13-17(2)27(34-3)20(14-16)25(31)23-24(22-9-6-12-35-22)30(28(33)26(23)32)11-10-18-15-29-21-8-5-4-7-19(18)21/h4-9,12-15,24,29,31H,10-11H2,1-3H3/b25-23-. The van der Waals surface area contributed by atoms with Crippen molar-refractivity contribution in [3.05, 3.63) is 94.6 Å². The van der Waals surface area contributed by atoms with Crippen LogP contribution in [0.5, 0.6) is 5.75 Å². The monoisotopic (exact) mass is 470 g/mol. The number of aromatic amines is 1. The number of aryl methyl sites for hydroxylation is 2. The Kier molecular flexibility index (Phi) is 5.68. The molecule has 1 unspecified atom stereocenters. The Bertz CT molecular complexity index is 1460. The van der Waals surface area contributed by atoms with Crippen LogP contribution in [0, 0.1) is 13.8 Å². The molecule has 4 aromatic rings. The number of methoxy groups -OCH3 is 1. The summed E-state index contributed by atoms with van der Waals surface area (Å²) in [6.45, 7) is 4.04. The van der Waals surface area contributed by atoms with Gasteiger partial charge in [0.1, 0.15) is 23.3 Å². The molecule has 0 bridgehead atoms. The number of likely N-dealkylation sites (tertiary alicyclic amines) is 1. The molecule has 1 amide bonds. The van der Waals surface area contributed by atoms with Crippen molar-refractivity contribution in [2.24, 2.45) is 0 Å². The van der Waals surface area contributed by atoms with E-state index in [1.54, 1.807) is 18.2 Å². The summed E-state index contributed by atoms with van der Waals surface area (Å²) in [4.78, 5) is 31.2. The van der Waals surface area contributed by atoms with Gasteiger partial charge in [-0.3, -0.25) is 9.59 Å². The molecule has 2 aromatic carbocycles. The average molecular weight is 471 g/mol. The van der Waals surface area contributed by atoms with Crippen LogP contribution in [0.25, 0.3) is 16.7 Å². The summed E-state index contributed by atoms with van der Waals surface area (Å²) in [5.74, 6) is -0.826. The molecule has 35 heavy (non-hydrogen) atoms. The molecule has 0 spiro atoms. The van der Waals surface area contributed by atoms with Gasteiger partial charge < -0.3 is 24.1 Å². The number of H-pyrrole nitrogens is 1. The summed E-state index contributed by atoms with van der Waals surface area (Å²) in [5, 5.41) is 12.5. The van der Waals surface area contributed by atoms with E-state index in [2.05, 4.69) is 4.98 Å². The SMILES string of the molecule is COc1c(C)cc(C)cc1/C(O)=C1/C(=O)C(=O)N(CCc2c[nH]c3ccccc23)C1c1ccco1. The fourth-order valence-electron chi connectivity index (χ4n) is 4.98. The number of ether oxygens (including phenoxy) is 1. The zero-order valence-electron chi connectivity index (χ0n) is 19.8. The van der Waals surface area contributed by atoms with Gasteiger partial charge in [0.2, 0.25) is 0 Å². The van der Waals surface area contributed by atoms with Crippen molar-refractivity contribution >= 4 is 28.4 Å². The van der Waals surface area contributed by atoms with Crippen LogP contribution in [0.3, 0.4) is 0 Å². The highest BCUT2D eigenvalue weighted by molar-refractivity contribution is 6.46. The van der Waals surface area contributed by atoms with Gasteiger partial charge in [0.05, 0.1) is 24.5 Å². The van der Waals surface area contributed by atoms with Crippen molar-refractivity contribution < 1.29 is 23.8 Å². The van der Waals surface area contributed by atoms with Gasteiger partial charge in [-0.15, -0.1) is 0 Å². The summed E-state index contributed by atoms with van der Waals surface area (Å²) in [7, 11) is 1.51. The molecule has 0 aliphatic carbocycles. The van der Waals surface area contributed by atoms with Crippen LogP contribution >= 0.6 is 0 Å². The Labute approximate surface area is 202 Å². The van der Waals surface area contributed by atoms with Crippen LogP contribution in [0.1, 0.15) is 34.1 Å². The van der Waals surface area contributed by atoms with Crippen LogP contribution in [0.15, 0.2) is 71.0 Å². The Morgan fingerprint density at radius 1 is 1.14 bits per heavy atom. The summed E-state index contributed by atoms with van der Waals surface area (Å²) >= 11 is 0. The van der Waals surface area contributed by atoms with Crippen molar-refractivity contribution in [1.29, 1.82) is 0 Å². The van der Waals surface area contributed by atoms with E-state index >= 15 is 0 Å². The van der Waals surface area contributed by atoms with E-state index in [0.29, 0.717) is 23.5 Å². The lowest BCUT2D eigenvalue weighted by Crippen LogP contribution is -2.31. The Hall–Kier alpha value is -4.26. The number of hydrogen-bond acceptors (Lipinski definition) is 5. The number of carbonyl (C=O) groups is 2. The van der Waals surface area contributed by atoms with Gasteiger partial charge in [-0.05, 0) is 61.2 Å². The second kappa shape index (κ2) is 8.83. The number of amides is 1. The molecule has 0 saturated carbocycles. The normalized spacial score (nSPS) is 17.5. The number of Topliss-reactive ketones (excluding diaryl/α,β-unsaturated/α-hetero) is 1. The van der Waals surface area contributed by atoms with Crippen LogP contribution in [0.4, 0.5) is 0 Å². The third kappa shape index (κ3) is 3.79. The molecule has 3 heterocycles. The van der Waals surface area contributed by atoms with Gasteiger partial charge in [-0.2, -0.15) is 0 Å². The first-order valence-corrected chi connectivity index (χ1v) is 11.4. The molecule has 1 atom stereocenters. The molecule has 0 radical (unpaired) electrons. The minimum atomic E-state index is -0.847. The molecule has 1 saturated heterocycles. The third-order valence-corrected chi connectivity index (χ3v) is 6.53. The number of aromatic nitrogens is 1. The second-order valence-electron chi connectivity index (χ2n) is 8.78. The number of benzene rings is 2. The number of nitrogens with zero attached hydrogens (tertiary/aromatic N) is 1. The topological polar surface area (TPSA) is 95.8 Å². The van der Waals surface area contributed by atoms with Crippen molar-refractivity contribution in [1.82, 2.24) is 9.88 Å². The van der Waals surface area contributed by atoms with Crippen molar-refractivity contribution in [2.45, 2.75) is 26.3 Å². The molecule has 7 nitrogen and oxygen atoms in total. The van der Waals surface area contributed by atoms with Crippen LogP contribution in [0.2, 0.25) is 0 Å². The lowest BCUT2D eigenvalue weighted by atomic mass is 9.96. The Balaban J connectivity index is 1.59. The molecule has 2 aromatic heterocycles. The largest absolute Gasteiger partial charge is 0.507 e. The van der Waals surface area contributed by atoms with Crippen LogP contribution in [-0.4, -0.2) is 40.3 Å².